The van der Waals surface area contributed by atoms with Gasteiger partial charge in [-0.2, -0.15) is 5.26 Å². The van der Waals surface area contributed by atoms with Gasteiger partial charge in [0.1, 0.15) is 0 Å². The molecule has 2 heterocycles. The molecule has 3 N–H and O–H groups in total. The second kappa shape index (κ2) is 7.86. The van der Waals surface area contributed by atoms with Crippen LogP contribution in [0.4, 0.5) is 5.69 Å². The molecule has 5 nitrogen and oxygen atoms in total. The van der Waals surface area contributed by atoms with Crippen molar-refractivity contribution >= 4 is 42.9 Å². The number of nitriles is 1. The molecule has 1 aromatic heterocycles. The summed E-state index contributed by atoms with van der Waals surface area (Å²) in [5, 5.41) is 12.6. The minimum atomic E-state index is -1.68. The van der Waals surface area contributed by atoms with E-state index in [-0.39, 0.29) is 0 Å². The molecule has 0 spiro atoms. The molecule has 146 valence electrons. The first-order chi connectivity index (χ1) is 14.7. The number of fused-ring (bicyclic) bond motifs is 2. The summed E-state index contributed by atoms with van der Waals surface area (Å²) in [6.07, 6.45) is 5.57. The molecule has 1 aliphatic heterocycles. The first-order valence-electron chi connectivity index (χ1n) is 9.44. The average molecular weight is 503 g/mol. The summed E-state index contributed by atoms with van der Waals surface area (Å²) in [7, 11) is 0. The molecular formula is C24H18IN5. The number of hydrogen-bond acceptors (Lipinski definition) is 5. The molecular weight excluding hydrogens is 485 g/mol. The van der Waals surface area contributed by atoms with Crippen molar-refractivity contribution in [2.75, 3.05) is 5.32 Å². The zero-order valence-corrected chi connectivity index (χ0v) is 18.2. The van der Waals surface area contributed by atoms with Crippen LogP contribution in [0.15, 0.2) is 71.1 Å². The van der Waals surface area contributed by atoms with Gasteiger partial charge in [0.25, 0.3) is 0 Å². The van der Waals surface area contributed by atoms with Gasteiger partial charge in [-0.1, -0.05) is 0 Å². The van der Waals surface area contributed by atoms with Crippen LogP contribution in [0.25, 0.3) is 28.2 Å². The third kappa shape index (κ3) is 3.54. The van der Waals surface area contributed by atoms with E-state index in [0.29, 0.717) is 12.1 Å². The molecule has 0 atom stereocenters. The van der Waals surface area contributed by atoms with E-state index in [0.717, 1.165) is 33.4 Å². The Hall–Kier alpha value is -3.28. The Balaban J connectivity index is 1.54. The molecule has 0 saturated carbocycles. The van der Waals surface area contributed by atoms with E-state index < -0.39 is 20.1 Å². The van der Waals surface area contributed by atoms with Crippen molar-refractivity contribution in [3.63, 3.8) is 0 Å². The first-order valence-corrected chi connectivity index (χ1v) is 13.0. The second-order valence-electron chi connectivity index (χ2n) is 6.99. The fourth-order valence-electron chi connectivity index (χ4n) is 3.57. The number of nitrogens with zero attached hydrogens (tertiary/aromatic N) is 3. The SMILES string of the molecule is N#Cc1cccc(CNc2cc(-c3ccc4c(c3)I(N)C=C4)c3nccnc3c2)c1. The number of nitrogens with two attached hydrogens (primary N) is 1. The molecule has 0 saturated heterocycles. The van der Waals surface area contributed by atoms with Gasteiger partial charge in [0.15, 0.2) is 0 Å². The minimum absolute atomic E-state index is 0.619. The molecule has 0 radical (unpaired) electrons. The van der Waals surface area contributed by atoms with Gasteiger partial charge >= 0.3 is 177 Å². The van der Waals surface area contributed by atoms with Crippen molar-refractivity contribution in [3.8, 4) is 17.2 Å². The van der Waals surface area contributed by atoms with Crippen molar-refractivity contribution in [2.45, 2.75) is 6.54 Å². The first kappa shape index (κ1) is 18.7. The Kier molecular flexibility index (Phi) is 4.91. The molecule has 1 aliphatic rings. The summed E-state index contributed by atoms with van der Waals surface area (Å²) >= 11 is -1.68. The van der Waals surface area contributed by atoms with Crippen molar-refractivity contribution in [2.24, 2.45) is 3.95 Å². The zero-order chi connectivity index (χ0) is 20.5. The predicted molar refractivity (Wildman–Crippen MR) is 129 cm³/mol. The Bertz CT molecular complexity index is 1340. The van der Waals surface area contributed by atoms with Crippen LogP contribution in [-0.4, -0.2) is 9.97 Å². The third-order valence-corrected chi connectivity index (χ3v) is 8.46. The van der Waals surface area contributed by atoms with E-state index in [1.807, 2.05) is 30.3 Å². The molecule has 5 rings (SSSR count). The normalized spacial score (nSPS) is 13.3. The van der Waals surface area contributed by atoms with Crippen LogP contribution in [0.2, 0.25) is 0 Å². The summed E-state index contributed by atoms with van der Waals surface area (Å²) < 4.78 is 9.83. The molecule has 6 heteroatoms. The Morgan fingerprint density at radius 3 is 2.83 bits per heavy atom. The number of aromatic nitrogens is 2. The van der Waals surface area contributed by atoms with Gasteiger partial charge in [0, 0.05) is 0 Å². The van der Waals surface area contributed by atoms with Crippen molar-refractivity contribution < 1.29 is 0 Å². The number of anilines is 1. The van der Waals surface area contributed by atoms with E-state index in [4.69, 9.17) is 9.21 Å². The summed E-state index contributed by atoms with van der Waals surface area (Å²) in [5.41, 5.74) is 7.75. The molecule has 0 bridgehead atoms. The van der Waals surface area contributed by atoms with Crippen LogP contribution in [0, 0.1) is 14.9 Å². The van der Waals surface area contributed by atoms with Crippen LogP contribution in [0.3, 0.4) is 0 Å². The summed E-state index contributed by atoms with van der Waals surface area (Å²) in [6.45, 7) is 0.619. The van der Waals surface area contributed by atoms with Crippen molar-refractivity contribution in [1.82, 2.24) is 9.97 Å². The van der Waals surface area contributed by atoms with Crippen LogP contribution >= 0.6 is 20.1 Å². The van der Waals surface area contributed by atoms with Crippen LogP contribution in [0.5, 0.6) is 0 Å². The molecule has 30 heavy (non-hydrogen) atoms. The maximum absolute atomic E-state index is 9.12. The number of halogens is 1. The Morgan fingerprint density at radius 2 is 1.93 bits per heavy atom. The summed E-state index contributed by atoms with van der Waals surface area (Å²) in [4.78, 5) is 9.12. The summed E-state index contributed by atoms with van der Waals surface area (Å²) in [5.74, 6) is 0. The topological polar surface area (TPSA) is 87.6 Å². The van der Waals surface area contributed by atoms with Gasteiger partial charge in [-0.15, -0.1) is 0 Å². The monoisotopic (exact) mass is 503 g/mol. The number of rotatable bonds is 4. The quantitative estimate of drug-likeness (QED) is 0.291. The fourth-order valence-corrected chi connectivity index (χ4v) is 6.51. The number of benzene rings is 3. The molecule has 0 amide bonds. The maximum atomic E-state index is 9.12. The molecule has 0 unspecified atom stereocenters. The Labute approximate surface area is 182 Å². The fraction of sp³-hybridized carbons (Fsp3) is 0.0417. The van der Waals surface area contributed by atoms with Crippen LogP contribution in [0.1, 0.15) is 16.7 Å². The van der Waals surface area contributed by atoms with Crippen molar-refractivity contribution in [3.05, 3.63) is 91.3 Å². The summed E-state index contributed by atoms with van der Waals surface area (Å²) in [6, 6.07) is 20.4. The molecule has 3 aromatic carbocycles. The van der Waals surface area contributed by atoms with Gasteiger partial charge in [-0.05, 0) is 0 Å². The van der Waals surface area contributed by atoms with E-state index >= 15 is 0 Å². The van der Waals surface area contributed by atoms with Crippen molar-refractivity contribution in [1.29, 1.82) is 5.26 Å². The van der Waals surface area contributed by atoms with Crippen LogP contribution in [-0.2, 0) is 6.54 Å². The van der Waals surface area contributed by atoms with Crippen LogP contribution < -0.4 is 9.26 Å². The van der Waals surface area contributed by atoms with Gasteiger partial charge in [0.05, 0.1) is 0 Å². The number of nitrogens with one attached hydrogen (secondary N) is 1. The van der Waals surface area contributed by atoms with E-state index in [1.165, 1.54) is 9.13 Å². The molecule has 0 fully saturated rings. The standard InChI is InChI=1S/C24H18IN5/c26-14-16-2-1-3-17(10-16)15-30-20-12-21(24-23(13-20)28-8-9-29-24)19-5-4-18-6-7-25(27)22(18)11-19/h1-13,30H,15,27H2. The predicted octanol–water partition coefficient (Wildman–Crippen LogP) is 5.31. The zero-order valence-electron chi connectivity index (χ0n) is 16.0. The average Bonchev–Trinajstić information content (AvgIpc) is 3.17. The second-order valence-corrected chi connectivity index (χ2v) is 10.8. The molecule has 4 aromatic rings. The number of hydrogen-bond donors (Lipinski definition) is 2. The van der Waals surface area contributed by atoms with Gasteiger partial charge in [-0.25, -0.2) is 0 Å². The van der Waals surface area contributed by atoms with E-state index in [9.17, 15) is 0 Å². The van der Waals surface area contributed by atoms with Gasteiger partial charge in [-0.3, -0.25) is 0 Å². The third-order valence-electron chi connectivity index (χ3n) is 5.05. The van der Waals surface area contributed by atoms with Gasteiger partial charge in [0.2, 0.25) is 0 Å². The Morgan fingerprint density at radius 1 is 1.03 bits per heavy atom. The van der Waals surface area contributed by atoms with E-state index in [2.05, 4.69) is 55.8 Å². The van der Waals surface area contributed by atoms with Gasteiger partial charge < -0.3 is 0 Å². The van der Waals surface area contributed by atoms with E-state index in [1.54, 1.807) is 12.4 Å². The molecule has 0 aliphatic carbocycles.